The number of aliphatic imine (C=N–C) groups is 1. The molecule has 2 fully saturated rings. The van der Waals surface area contributed by atoms with Gasteiger partial charge >= 0.3 is 0 Å². The van der Waals surface area contributed by atoms with E-state index in [2.05, 4.69) is 4.99 Å². The van der Waals surface area contributed by atoms with Crippen molar-refractivity contribution in [3.8, 4) is 0 Å². The molecule has 0 saturated heterocycles. The number of carbonyl (C=O) groups is 1. The minimum absolute atomic E-state index is 0.107. The number of nitrogens with two attached hydrogens (primary N) is 2. The van der Waals surface area contributed by atoms with E-state index in [0.29, 0.717) is 21.9 Å². The molecule has 1 aromatic rings. The highest BCUT2D eigenvalue weighted by Gasteiger charge is 2.51. The summed E-state index contributed by atoms with van der Waals surface area (Å²) in [6.07, 6.45) is 3.24. The number of hydrogen-bond acceptors (Lipinski definition) is 1. The molecule has 3 rings (SSSR count). The van der Waals surface area contributed by atoms with Crippen molar-refractivity contribution in [1.82, 2.24) is 0 Å². The maximum atomic E-state index is 12.4. The summed E-state index contributed by atoms with van der Waals surface area (Å²) in [5.41, 5.74) is 11.7. The van der Waals surface area contributed by atoms with Crippen LogP contribution in [0.3, 0.4) is 0 Å². The van der Waals surface area contributed by atoms with Gasteiger partial charge in [0, 0.05) is 10.0 Å². The van der Waals surface area contributed by atoms with E-state index >= 15 is 0 Å². The molecule has 4 N–H and O–H groups in total. The summed E-state index contributed by atoms with van der Waals surface area (Å²) < 4.78 is 0. The third kappa shape index (κ3) is 2.74. The predicted molar refractivity (Wildman–Crippen MR) is 84.3 cm³/mol. The lowest BCUT2D eigenvalue weighted by Crippen LogP contribution is -2.31. The molecule has 0 aliphatic heterocycles. The van der Waals surface area contributed by atoms with Crippen LogP contribution in [0.25, 0.3) is 0 Å². The van der Waals surface area contributed by atoms with E-state index in [4.69, 9.17) is 34.7 Å². The molecule has 0 spiro atoms. The second-order valence-corrected chi connectivity index (χ2v) is 6.84. The zero-order valence-corrected chi connectivity index (χ0v) is 12.9. The van der Waals surface area contributed by atoms with Crippen molar-refractivity contribution in [2.45, 2.75) is 25.2 Å². The molecule has 4 nitrogen and oxygen atoms in total. The molecule has 21 heavy (non-hydrogen) atoms. The van der Waals surface area contributed by atoms with E-state index in [0.717, 1.165) is 24.8 Å². The Labute approximate surface area is 133 Å². The fourth-order valence-corrected chi connectivity index (χ4v) is 4.64. The summed E-state index contributed by atoms with van der Waals surface area (Å²) in [6.45, 7) is 0. The molecular formula is C15H17Cl2N3O. The first-order chi connectivity index (χ1) is 9.95. The van der Waals surface area contributed by atoms with Crippen molar-refractivity contribution in [2.75, 3.05) is 0 Å². The Morgan fingerprint density at radius 2 is 1.71 bits per heavy atom. The Balaban J connectivity index is 1.98. The second-order valence-electron chi connectivity index (χ2n) is 5.96. The zero-order valence-electron chi connectivity index (χ0n) is 11.4. The van der Waals surface area contributed by atoms with Crippen molar-refractivity contribution in [1.29, 1.82) is 0 Å². The zero-order chi connectivity index (χ0) is 15.1. The Bertz CT molecular complexity index is 593. The number of hydrogen-bond donors (Lipinski definition) is 2. The van der Waals surface area contributed by atoms with Gasteiger partial charge in [0.05, 0.1) is 5.92 Å². The quantitative estimate of drug-likeness (QED) is 0.647. The molecule has 2 bridgehead atoms. The van der Waals surface area contributed by atoms with Crippen molar-refractivity contribution in [2.24, 2.45) is 34.2 Å². The van der Waals surface area contributed by atoms with E-state index in [9.17, 15) is 4.79 Å². The lowest BCUT2D eigenvalue weighted by atomic mass is 9.75. The molecule has 0 radical (unpaired) electrons. The molecular weight excluding hydrogens is 309 g/mol. The summed E-state index contributed by atoms with van der Waals surface area (Å²) in [5, 5.41) is 1.18. The topological polar surface area (TPSA) is 81.5 Å². The average Bonchev–Trinajstić information content (AvgIpc) is 2.96. The van der Waals surface area contributed by atoms with Crippen LogP contribution in [-0.2, 0) is 4.79 Å². The Morgan fingerprint density at radius 3 is 2.33 bits per heavy atom. The maximum Gasteiger partial charge on any atom is 0.252 e. The molecule has 2 aliphatic rings. The first kappa shape index (κ1) is 14.7. The first-order valence-corrected chi connectivity index (χ1v) is 7.80. The van der Waals surface area contributed by atoms with Crippen LogP contribution in [0.4, 0.5) is 0 Å². The first-order valence-electron chi connectivity index (χ1n) is 7.05. The van der Waals surface area contributed by atoms with Gasteiger partial charge in [0.15, 0.2) is 5.96 Å². The highest BCUT2D eigenvalue weighted by atomic mass is 35.5. The molecule has 4 atom stereocenters. The molecule has 1 aromatic carbocycles. The van der Waals surface area contributed by atoms with Gasteiger partial charge in [-0.2, -0.15) is 4.99 Å². The van der Waals surface area contributed by atoms with E-state index in [1.165, 1.54) is 0 Å². The average molecular weight is 326 g/mol. The SMILES string of the molecule is NC(N)=NC(=O)[C@@H]1C2CCC(C2)[C@H]1c1cc(Cl)cc(Cl)c1. The molecule has 112 valence electrons. The molecule has 1 amide bonds. The molecule has 0 aromatic heterocycles. The number of guanidine groups is 1. The second kappa shape index (κ2) is 5.50. The van der Waals surface area contributed by atoms with E-state index < -0.39 is 0 Å². The summed E-state index contributed by atoms with van der Waals surface area (Å²) in [7, 11) is 0. The standard InChI is InChI=1S/C15H17Cl2N3O/c16-10-4-9(5-11(17)6-10)12-7-1-2-8(3-7)13(12)14(21)20-15(18)19/h4-8,12-13H,1-3H2,(H4,18,19,20,21)/t7?,8?,12-,13+/m0/s1. The summed E-state index contributed by atoms with van der Waals surface area (Å²) in [6, 6.07) is 5.50. The van der Waals surface area contributed by atoms with Gasteiger partial charge in [-0.25, -0.2) is 0 Å². The summed E-state index contributed by atoms with van der Waals surface area (Å²) >= 11 is 12.2. The lowest BCUT2D eigenvalue weighted by molar-refractivity contribution is -0.123. The van der Waals surface area contributed by atoms with Gasteiger partial charge in [-0.15, -0.1) is 0 Å². The van der Waals surface area contributed by atoms with Crippen LogP contribution in [0.5, 0.6) is 0 Å². The van der Waals surface area contributed by atoms with Crippen LogP contribution in [0.1, 0.15) is 30.7 Å². The van der Waals surface area contributed by atoms with Gasteiger partial charge in [-0.05, 0) is 60.8 Å². The van der Waals surface area contributed by atoms with Gasteiger partial charge in [-0.1, -0.05) is 23.2 Å². The van der Waals surface area contributed by atoms with E-state index in [-0.39, 0.29) is 23.7 Å². The third-order valence-electron chi connectivity index (χ3n) is 4.71. The number of fused-ring (bicyclic) bond motifs is 2. The summed E-state index contributed by atoms with van der Waals surface area (Å²) in [4.78, 5) is 16.2. The molecule has 0 heterocycles. The Kier molecular flexibility index (Phi) is 3.84. The number of rotatable bonds is 2. The maximum absolute atomic E-state index is 12.4. The number of benzene rings is 1. The molecule has 2 saturated carbocycles. The molecule has 2 aliphatic carbocycles. The predicted octanol–water partition coefficient (Wildman–Crippen LogP) is 2.92. The fraction of sp³-hybridized carbons (Fsp3) is 0.467. The minimum Gasteiger partial charge on any atom is -0.370 e. The monoisotopic (exact) mass is 325 g/mol. The Morgan fingerprint density at radius 1 is 1.10 bits per heavy atom. The van der Waals surface area contributed by atoms with Crippen LogP contribution in [-0.4, -0.2) is 11.9 Å². The number of carbonyl (C=O) groups excluding carboxylic acids is 1. The van der Waals surface area contributed by atoms with Crippen LogP contribution in [0.2, 0.25) is 10.0 Å². The normalized spacial score (nSPS) is 30.4. The lowest BCUT2D eigenvalue weighted by Gasteiger charge is -2.29. The highest BCUT2D eigenvalue weighted by molar-refractivity contribution is 6.34. The van der Waals surface area contributed by atoms with E-state index in [1.54, 1.807) is 6.07 Å². The third-order valence-corrected chi connectivity index (χ3v) is 5.15. The van der Waals surface area contributed by atoms with Gasteiger partial charge in [0.2, 0.25) is 0 Å². The van der Waals surface area contributed by atoms with Gasteiger partial charge in [0.1, 0.15) is 0 Å². The van der Waals surface area contributed by atoms with Crippen LogP contribution in [0, 0.1) is 17.8 Å². The largest absolute Gasteiger partial charge is 0.370 e. The van der Waals surface area contributed by atoms with Crippen molar-refractivity contribution in [3.63, 3.8) is 0 Å². The number of nitrogens with zero attached hydrogens (tertiary/aromatic N) is 1. The number of halogens is 2. The minimum atomic E-state index is -0.219. The van der Waals surface area contributed by atoms with Gasteiger partial charge < -0.3 is 11.5 Å². The van der Waals surface area contributed by atoms with Gasteiger partial charge in [0.25, 0.3) is 5.91 Å². The van der Waals surface area contributed by atoms with Crippen LogP contribution >= 0.6 is 23.2 Å². The van der Waals surface area contributed by atoms with E-state index in [1.807, 2.05) is 12.1 Å². The van der Waals surface area contributed by atoms with Gasteiger partial charge in [-0.3, -0.25) is 4.79 Å². The van der Waals surface area contributed by atoms with Crippen molar-refractivity contribution < 1.29 is 4.79 Å². The molecule has 6 heteroatoms. The van der Waals surface area contributed by atoms with Crippen LogP contribution in [0.15, 0.2) is 23.2 Å². The number of amides is 1. The highest BCUT2D eigenvalue weighted by Crippen LogP contribution is 2.57. The van der Waals surface area contributed by atoms with Crippen molar-refractivity contribution in [3.05, 3.63) is 33.8 Å². The van der Waals surface area contributed by atoms with Crippen molar-refractivity contribution >= 4 is 35.1 Å². The fourth-order valence-electron chi connectivity index (χ4n) is 4.10. The molecule has 2 unspecified atom stereocenters. The Hall–Kier alpha value is -1.26. The smallest absolute Gasteiger partial charge is 0.252 e. The van der Waals surface area contributed by atoms with Crippen LogP contribution < -0.4 is 11.5 Å². The summed E-state index contributed by atoms with van der Waals surface area (Å²) in [5.74, 6) is 0.380.